The van der Waals surface area contributed by atoms with Crippen LogP contribution in [-0.2, 0) is 0 Å². The standard InChI is InChI=1S/C13H18N2/c1-2-4-11-5-7-12(8-6-11)13-14-9-3-10-15-13/h2-3,9-12H,1,4-8H2/t11-,12-. The first-order valence-corrected chi connectivity index (χ1v) is 5.78. The summed E-state index contributed by atoms with van der Waals surface area (Å²) in [7, 11) is 0. The predicted molar refractivity (Wildman–Crippen MR) is 61.5 cm³/mol. The first kappa shape index (κ1) is 10.3. The highest BCUT2D eigenvalue weighted by Crippen LogP contribution is 2.35. The van der Waals surface area contributed by atoms with Gasteiger partial charge in [-0.05, 0) is 44.1 Å². The lowest BCUT2D eigenvalue weighted by atomic mass is 9.80. The lowest BCUT2D eigenvalue weighted by Crippen LogP contribution is -2.14. The quantitative estimate of drug-likeness (QED) is 0.703. The Morgan fingerprint density at radius 2 is 1.87 bits per heavy atom. The highest BCUT2D eigenvalue weighted by atomic mass is 14.9. The Kier molecular flexibility index (Phi) is 3.49. The molecular formula is C13H18N2. The van der Waals surface area contributed by atoms with E-state index in [-0.39, 0.29) is 0 Å². The van der Waals surface area contributed by atoms with Crippen LogP contribution in [0.25, 0.3) is 0 Å². The van der Waals surface area contributed by atoms with Crippen molar-refractivity contribution in [3.8, 4) is 0 Å². The SMILES string of the molecule is C=CC[C@H]1CC[C@H](c2ncccn2)CC1. The van der Waals surface area contributed by atoms with Gasteiger partial charge in [-0.2, -0.15) is 0 Å². The summed E-state index contributed by atoms with van der Waals surface area (Å²) in [5, 5.41) is 0. The molecule has 1 fully saturated rings. The Labute approximate surface area is 91.5 Å². The third-order valence-electron chi connectivity index (χ3n) is 3.30. The zero-order valence-corrected chi connectivity index (χ0v) is 9.10. The summed E-state index contributed by atoms with van der Waals surface area (Å²) in [6.45, 7) is 3.81. The van der Waals surface area contributed by atoms with Crippen molar-refractivity contribution in [2.75, 3.05) is 0 Å². The molecule has 0 aliphatic heterocycles. The van der Waals surface area contributed by atoms with Crippen molar-refractivity contribution < 1.29 is 0 Å². The fraction of sp³-hybridized carbons (Fsp3) is 0.538. The molecule has 1 saturated carbocycles. The molecule has 0 saturated heterocycles. The Morgan fingerprint density at radius 3 is 2.47 bits per heavy atom. The molecule has 2 heteroatoms. The predicted octanol–water partition coefficient (Wildman–Crippen LogP) is 3.33. The van der Waals surface area contributed by atoms with E-state index in [9.17, 15) is 0 Å². The number of aromatic nitrogens is 2. The summed E-state index contributed by atoms with van der Waals surface area (Å²) < 4.78 is 0. The first-order valence-electron chi connectivity index (χ1n) is 5.78. The zero-order valence-electron chi connectivity index (χ0n) is 9.10. The van der Waals surface area contributed by atoms with Gasteiger partial charge in [0.15, 0.2) is 0 Å². The number of hydrogen-bond acceptors (Lipinski definition) is 2. The van der Waals surface area contributed by atoms with E-state index in [1.165, 1.54) is 32.1 Å². The van der Waals surface area contributed by atoms with E-state index in [1.807, 2.05) is 24.5 Å². The average molecular weight is 202 g/mol. The van der Waals surface area contributed by atoms with Crippen LogP contribution in [0.1, 0.15) is 43.8 Å². The summed E-state index contributed by atoms with van der Waals surface area (Å²) in [4.78, 5) is 8.68. The second kappa shape index (κ2) is 5.06. The summed E-state index contributed by atoms with van der Waals surface area (Å²) >= 11 is 0. The van der Waals surface area contributed by atoms with Crippen molar-refractivity contribution in [2.45, 2.75) is 38.0 Å². The van der Waals surface area contributed by atoms with E-state index in [4.69, 9.17) is 0 Å². The summed E-state index contributed by atoms with van der Waals surface area (Å²) in [6.07, 6.45) is 12.0. The van der Waals surface area contributed by atoms with E-state index in [1.54, 1.807) is 0 Å². The summed E-state index contributed by atoms with van der Waals surface area (Å²) in [5.74, 6) is 2.48. The molecule has 2 rings (SSSR count). The first-order chi connectivity index (χ1) is 7.40. The van der Waals surface area contributed by atoms with Crippen molar-refractivity contribution in [1.82, 2.24) is 9.97 Å². The van der Waals surface area contributed by atoms with E-state index < -0.39 is 0 Å². The number of allylic oxidation sites excluding steroid dienone is 1. The zero-order chi connectivity index (χ0) is 10.5. The normalized spacial score (nSPS) is 26.1. The van der Waals surface area contributed by atoms with Crippen LogP contribution >= 0.6 is 0 Å². The molecule has 1 aromatic heterocycles. The van der Waals surface area contributed by atoms with Crippen LogP contribution in [-0.4, -0.2) is 9.97 Å². The van der Waals surface area contributed by atoms with E-state index in [0.29, 0.717) is 5.92 Å². The third-order valence-corrected chi connectivity index (χ3v) is 3.30. The van der Waals surface area contributed by atoms with Crippen LogP contribution < -0.4 is 0 Å². The Balaban J connectivity index is 1.91. The van der Waals surface area contributed by atoms with E-state index in [2.05, 4.69) is 16.5 Å². The van der Waals surface area contributed by atoms with Gasteiger partial charge in [-0.15, -0.1) is 6.58 Å². The van der Waals surface area contributed by atoms with E-state index >= 15 is 0 Å². The second-order valence-electron chi connectivity index (χ2n) is 4.35. The van der Waals surface area contributed by atoms with Gasteiger partial charge in [0.1, 0.15) is 5.82 Å². The molecular weight excluding hydrogens is 184 g/mol. The monoisotopic (exact) mass is 202 g/mol. The molecule has 0 amide bonds. The number of nitrogens with zero attached hydrogens (tertiary/aromatic N) is 2. The Hall–Kier alpha value is -1.18. The maximum atomic E-state index is 4.34. The maximum Gasteiger partial charge on any atom is 0.131 e. The maximum absolute atomic E-state index is 4.34. The molecule has 0 N–H and O–H groups in total. The average Bonchev–Trinajstić information content (AvgIpc) is 2.32. The Morgan fingerprint density at radius 1 is 1.20 bits per heavy atom. The fourth-order valence-corrected chi connectivity index (χ4v) is 2.41. The molecule has 0 unspecified atom stereocenters. The fourth-order valence-electron chi connectivity index (χ4n) is 2.41. The topological polar surface area (TPSA) is 25.8 Å². The van der Waals surface area contributed by atoms with Crippen LogP contribution in [0.3, 0.4) is 0 Å². The van der Waals surface area contributed by atoms with E-state index in [0.717, 1.165) is 11.7 Å². The lowest BCUT2D eigenvalue weighted by molar-refractivity contribution is 0.321. The van der Waals surface area contributed by atoms with Gasteiger partial charge in [-0.3, -0.25) is 0 Å². The Bertz CT molecular complexity index is 300. The molecule has 1 aromatic rings. The molecule has 80 valence electrons. The molecule has 0 radical (unpaired) electrons. The van der Waals surface area contributed by atoms with Crippen molar-refractivity contribution in [3.63, 3.8) is 0 Å². The molecule has 1 aliphatic rings. The van der Waals surface area contributed by atoms with Gasteiger partial charge in [0.25, 0.3) is 0 Å². The van der Waals surface area contributed by atoms with Gasteiger partial charge in [-0.1, -0.05) is 6.08 Å². The van der Waals surface area contributed by atoms with Crippen molar-refractivity contribution >= 4 is 0 Å². The van der Waals surface area contributed by atoms with Crippen LogP contribution in [0.4, 0.5) is 0 Å². The van der Waals surface area contributed by atoms with Crippen molar-refractivity contribution in [2.24, 2.45) is 5.92 Å². The third kappa shape index (κ3) is 2.65. The van der Waals surface area contributed by atoms with Gasteiger partial charge in [-0.25, -0.2) is 9.97 Å². The number of rotatable bonds is 3. The highest BCUT2D eigenvalue weighted by Gasteiger charge is 2.22. The van der Waals surface area contributed by atoms with Crippen LogP contribution in [0, 0.1) is 5.92 Å². The summed E-state index contributed by atoms with van der Waals surface area (Å²) in [6, 6.07) is 1.88. The van der Waals surface area contributed by atoms with Gasteiger partial charge < -0.3 is 0 Å². The highest BCUT2D eigenvalue weighted by molar-refractivity contribution is 4.99. The van der Waals surface area contributed by atoms with Crippen molar-refractivity contribution in [3.05, 3.63) is 36.9 Å². The van der Waals surface area contributed by atoms with Gasteiger partial charge in [0.2, 0.25) is 0 Å². The summed E-state index contributed by atoms with van der Waals surface area (Å²) in [5.41, 5.74) is 0. The second-order valence-corrected chi connectivity index (χ2v) is 4.35. The van der Waals surface area contributed by atoms with Gasteiger partial charge in [0.05, 0.1) is 0 Å². The molecule has 0 bridgehead atoms. The molecule has 0 atom stereocenters. The lowest BCUT2D eigenvalue weighted by Gasteiger charge is -2.26. The molecule has 2 nitrogen and oxygen atoms in total. The van der Waals surface area contributed by atoms with Crippen LogP contribution in [0.15, 0.2) is 31.1 Å². The number of hydrogen-bond donors (Lipinski definition) is 0. The van der Waals surface area contributed by atoms with Crippen LogP contribution in [0.5, 0.6) is 0 Å². The smallest absolute Gasteiger partial charge is 0.131 e. The largest absolute Gasteiger partial charge is 0.241 e. The molecule has 1 heterocycles. The minimum Gasteiger partial charge on any atom is -0.241 e. The minimum absolute atomic E-state index is 0.590. The van der Waals surface area contributed by atoms with Gasteiger partial charge >= 0.3 is 0 Å². The molecule has 0 spiro atoms. The molecule has 1 aliphatic carbocycles. The molecule has 15 heavy (non-hydrogen) atoms. The van der Waals surface area contributed by atoms with Crippen molar-refractivity contribution in [1.29, 1.82) is 0 Å². The van der Waals surface area contributed by atoms with Gasteiger partial charge in [0, 0.05) is 18.3 Å². The van der Waals surface area contributed by atoms with Crippen LogP contribution in [0.2, 0.25) is 0 Å². The molecule has 0 aromatic carbocycles. The minimum atomic E-state index is 0.590.